The van der Waals surface area contributed by atoms with Crippen molar-refractivity contribution in [2.75, 3.05) is 7.11 Å². The van der Waals surface area contributed by atoms with E-state index in [0.29, 0.717) is 0 Å². The van der Waals surface area contributed by atoms with Crippen LogP contribution in [0.1, 0.15) is 23.3 Å². The SMILES string of the molecule is COc1ccc(CN(Cc2cccs2)C2CC2)cc1Br. The molecule has 2 aromatic rings. The number of halogens is 1. The van der Waals surface area contributed by atoms with Crippen molar-refractivity contribution in [1.82, 2.24) is 4.90 Å². The second kappa shape index (κ2) is 6.29. The van der Waals surface area contributed by atoms with Gasteiger partial charge in [0.1, 0.15) is 5.75 Å². The van der Waals surface area contributed by atoms with Crippen LogP contribution in [0.4, 0.5) is 0 Å². The number of thiophene rings is 1. The molecule has 0 bridgehead atoms. The first kappa shape index (κ1) is 14.1. The average molecular weight is 352 g/mol. The second-order valence-corrected chi connectivity index (χ2v) is 7.07. The largest absolute Gasteiger partial charge is 0.496 e. The fourth-order valence-electron chi connectivity index (χ4n) is 2.40. The Hall–Kier alpha value is -0.840. The van der Waals surface area contributed by atoms with Gasteiger partial charge in [-0.3, -0.25) is 4.90 Å². The van der Waals surface area contributed by atoms with Crippen LogP contribution in [0.5, 0.6) is 5.75 Å². The molecule has 1 fully saturated rings. The number of nitrogens with zero attached hydrogens (tertiary/aromatic N) is 1. The van der Waals surface area contributed by atoms with Gasteiger partial charge in [0, 0.05) is 24.0 Å². The molecule has 0 unspecified atom stereocenters. The first-order chi connectivity index (χ1) is 9.76. The standard InChI is InChI=1S/C16H18BrNOS/c1-19-16-7-4-12(9-15(16)17)10-18(13-5-6-13)11-14-3-2-8-20-14/h2-4,7-9,13H,5-6,10-11H2,1H3. The normalized spacial score (nSPS) is 14.8. The predicted octanol–water partition coefficient (Wildman–Crippen LogP) is 4.68. The lowest BCUT2D eigenvalue weighted by atomic mass is 10.2. The highest BCUT2D eigenvalue weighted by Crippen LogP contribution is 2.32. The van der Waals surface area contributed by atoms with Crippen LogP contribution in [0.15, 0.2) is 40.2 Å². The molecule has 1 heterocycles. The fraction of sp³-hybridized carbons (Fsp3) is 0.375. The van der Waals surface area contributed by atoms with Crippen LogP contribution < -0.4 is 4.74 Å². The van der Waals surface area contributed by atoms with Gasteiger partial charge in [-0.2, -0.15) is 0 Å². The van der Waals surface area contributed by atoms with E-state index in [1.165, 1.54) is 23.3 Å². The summed E-state index contributed by atoms with van der Waals surface area (Å²) >= 11 is 5.41. The van der Waals surface area contributed by atoms with Crippen LogP contribution in [0.3, 0.4) is 0 Å². The van der Waals surface area contributed by atoms with E-state index in [0.717, 1.165) is 29.4 Å². The molecule has 1 aromatic heterocycles. The van der Waals surface area contributed by atoms with Gasteiger partial charge in [-0.15, -0.1) is 11.3 Å². The molecular formula is C16H18BrNOS. The molecule has 20 heavy (non-hydrogen) atoms. The van der Waals surface area contributed by atoms with Crippen molar-refractivity contribution in [1.29, 1.82) is 0 Å². The summed E-state index contributed by atoms with van der Waals surface area (Å²) in [7, 11) is 1.70. The Balaban J connectivity index is 1.71. The third-order valence-corrected chi connectivity index (χ3v) is 5.09. The van der Waals surface area contributed by atoms with E-state index in [1.807, 2.05) is 17.4 Å². The summed E-state index contributed by atoms with van der Waals surface area (Å²) in [6, 6.07) is 11.5. The number of methoxy groups -OCH3 is 1. The van der Waals surface area contributed by atoms with E-state index in [1.54, 1.807) is 7.11 Å². The van der Waals surface area contributed by atoms with Gasteiger partial charge in [0.25, 0.3) is 0 Å². The molecule has 106 valence electrons. The van der Waals surface area contributed by atoms with Gasteiger partial charge < -0.3 is 4.74 Å². The number of benzene rings is 1. The Labute approximate surface area is 132 Å². The molecule has 0 N–H and O–H groups in total. The number of rotatable bonds is 6. The second-order valence-electron chi connectivity index (χ2n) is 5.18. The summed E-state index contributed by atoms with van der Waals surface area (Å²) in [5.41, 5.74) is 1.33. The Morgan fingerprint density at radius 3 is 2.75 bits per heavy atom. The Kier molecular flexibility index (Phi) is 4.44. The van der Waals surface area contributed by atoms with Gasteiger partial charge >= 0.3 is 0 Å². The smallest absolute Gasteiger partial charge is 0.133 e. The zero-order valence-electron chi connectivity index (χ0n) is 11.5. The molecule has 0 aliphatic heterocycles. The zero-order chi connectivity index (χ0) is 13.9. The van der Waals surface area contributed by atoms with E-state index >= 15 is 0 Å². The van der Waals surface area contributed by atoms with Gasteiger partial charge in [-0.25, -0.2) is 0 Å². The highest BCUT2D eigenvalue weighted by Gasteiger charge is 2.29. The molecule has 1 aliphatic rings. The van der Waals surface area contributed by atoms with E-state index in [4.69, 9.17) is 4.74 Å². The molecule has 0 saturated heterocycles. The molecule has 1 aliphatic carbocycles. The summed E-state index contributed by atoms with van der Waals surface area (Å²) < 4.78 is 6.32. The molecule has 0 amide bonds. The summed E-state index contributed by atoms with van der Waals surface area (Å²) in [6.07, 6.45) is 2.67. The van der Waals surface area contributed by atoms with Gasteiger partial charge in [0.05, 0.1) is 11.6 Å². The summed E-state index contributed by atoms with van der Waals surface area (Å²) in [5, 5.41) is 2.16. The molecule has 4 heteroatoms. The minimum atomic E-state index is 0.762. The molecule has 0 radical (unpaired) electrons. The first-order valence-corrected chi connectivity index (χ1v) is 8.52. The Morgan fingerprint density at radius 2 is 2.15 bits per heavy atom. The Morgan fingerprint density at radius 1 is 1.30 bits per heavy atom. The lowest BCUT2D eigenvalue weighted by molar-refractivity contribution is 0.248. The third kappa shape index (κ3) is 3.43. The number of hydrogen-bond acceptors (Lipinski definition) is 3. The number of ether oxygens (including phenoxy) is 1. The van der Waals surface area contributed by atoms with Crippen LogP contribution in [0.2, 0.25) is 0 Å². The molecule has 3 rings (SSSR count). The van der Waals surface area contributed by atoms with Crippen molar-refractivity contribution in [2.45, 2.75) is 32.0 Å². The van der Waals surface area contributed by atoms with E-state index in [2.05, 4.69) is 50.5 Å². The lowest BCUT2D eigenvalue weighted by Gasteiger charge is -2.21. The van der Waals surface area contributed by atoms with Gasteiger partial charge in [-0.1, -0.05) is 12.1 Å². The first-order valence-electron chi connectivity index (χ1n) is 6.85. The summed E-state index contributed by atoms with van der Waals surface area (Å²) in [4.78, 5) is 4.03. The van der Waals surface area contributed by atoms with E-state index < -0.39 is 0 Å². The molecule has 1 aromatic carbocycles. The maximum Gasteiger partial charge on any atom is 0.133 e. The lowest BCUT2D eigenvalue weighted by Crippen LogP contribution is -2.24. The summed E-state index contributed by atoms with van der Waals surface area (Å²) in [5.74, 6) is 0.893. The topological polar surface area (TPSA) is 12.5 Å². The third-order valence-electron chi connectivity index (χ3n) is 3.60. The van der Waals surface area contributed by atoms with E-state index in [9.17, 15) is 0 Å². The van der Waals surface area contributed by atoms with Crippen molar-refractivity contribution in [3.05, 3.63) is 50.6 Å². The van der Waals surface area contributed by atoms with Crippen LogP contribution in [-0.4, -0.2) is 18.1 Å². The van der Waals surface area contributed by atoms with Crippen molar-refractivity contribution >= 4 is 27.3 Å². The maximum absolute atomic E-state index is 5.29. The van der Waals surface area contributed by atoms with E-state index in [-0.39, 0.29) is 0 Å². The van der Waals surface area contributed by atoms with Crippen LogP contribution in [-0.2, 0) is 13.1 Å². The summed E-state index contributed by atoms with van der Waals surface area (Å²) in [6.45, 7) is 2.07. The molecule has 0 atom stereocenters. The van der Waals surface area contributed by atoms with Crippen molar-refractivity contribution < 1.29 is 4.74 Å². The fourth-order valence-corrected chi connectivity index (χ4v) is 3.72. The zero-order valence-corrected chi connectivity index (χ0v) is 13.9. The van der Waals surface area contributed by atoms with Gasteiger partial charge in [0.15, 0.2) is 0 Å². The number of hydrogen-bond donors (Lipinski definition) is 0. The minimum absolute atomic E-state index is 0.762. The highest BCUT2D eigenvalue weighted by molar-refractivity contribution is 9.10. The average Bonchev–Trinajstić information content (AvgIpc) is 3.17. The van der Waals surface area contributed by atoms with Crippen molar-refractivity contribution in [3.63, 3.8) is 0 Å². The predicted molar refractivity (Wildman–Crippen MR) is 87.3 cm³/mol. The van der Waals surface area contributed by atoms with Crippen molar-refractivity contribution in [2.24, 2.45) is 0 Å². The van der Waals surface area contributed by atoms with Crippen LogP contribution >= 0.6 is 27.3 Å². The molecule has 0 spiro atoms. The van der Waals surface area contributed by atoms with Gasteiger partial charge in [-0.05, 0) is 57.9 Å². The highest BCUT2D eigenvalue weighted by atomic mass is 79.9. The van der Waals surface area contributed by atoms with Crippen molar-refractivity contribution in [3.8, 4) is 5.75 Å². The minimum Gasteiger partial charge on any atom is -0.496 e. The quantitative estimate of drug-likeness (QED) is 0.748. The van der Waals surface area contributed by atoms with Gasteiger partial charge in [0.2, 0.25) is 0 Å². The van der Waals surface area contributed by atoms with Crippen LogP contribution in [0, 0.1) is 0 Å². The maximum atomic E-state index is 5.29. The van der Waals surface area contributed by atoms with Crippen LogP contribution in [0.25, 0.3) is 0 Å². The monoisotopic (exact) mass is 351 g/mol. The molecule has 2 nitrogen and oxygen atoms in total. The molecular weight excluding hydrogens is 334 g/mol. The molecule has 1 saturated carbocycles. The Bertz CT molecular complexity index is 566.